The third-order valence-corrected chi connectivity index (χ3v) is 7.76. The maximum absolute atomic E-state index is 13.4. The number of likely N-dealkylation sites (N-methyl/N-ethyl adjacent to an activating group) is 1. The number of hydrogen-bond acceptors (Lipinski definition) is 5. The highest BCUT2D eigenvalue weighted by molar-refractivity contribution is 5.79. The number of piperidine rings is 3. The second kappa shape index (κ2) is 8.99. The number of oxazole rings is 1. The number of carbonyl (C=O) groups excluding carboxylic acids is 1. The minimum absolute atomic E-state index is 0.198. The van der Waals surface area contributed by atoms with E-state index in [1.54, 1.807) is 0 Å². The van der Waals surface area contributed by atoms with E-state index in [2.05, 4.69) is 33.8 Å². The van der Waals surface area contributed by atoms with Crippen LogP contribution < -0.4 is 0 Å². The Kier molecular flexibility index (Phi) is 6.08. The van der Waals surface area contributed by atoms with Crippen molar-refractivity contribution in [3.05, 3.63) is 41.8 Å². The van der Waals surface area contributed by atoms with Crippen molar-refractivity contribution in [1.82, 2.24) is 19.7 Å². The van der Waals surface area contributed by atoms with Crippen molar-refractivity contribution in [2.24, 2.45) is 11.8 Å². The lowest BCUT2D eigenvalue weighted by Crippen LogP contribution is -2.66. The van der Waals surface area contributed by atoms with Crippen LogP contribution in [-0.2, 0) is 11.2 Å². The Hall–Kier alpha value is -2.18. The van der Waals surface area contributed by atoms with Gasteiger partial charge in [-0.05, 0) is 70.8 Å². The summed E-state index contributed by atoms with van der Waals surface area (Å²) in [5, 5.41) is 0. The first-order valence-corrected chi connectivity index (χ1v) is 12.2. The maximum Gasteiger partial charge on any atom is 0.228 e. The fourth-order valence-corrected chi connectivity index (χ4v) is 6.29. The van der Waals surface area contributed by atoms with Gasteiger partial charge in [-0.3, -0.25) is 9.69 Å². The summed E-state index contributed by atoms with van der Waals surface area (Å²) in [7, 11) is 4.35. The fourth-order valence-electron chi connectivity index (χ4n) is 6.29. The first kappa shape index (κ1) is 21.7. The lowest BCUT2D eigenvalue weighted by Gasteiger charge is -2.57. The highest BCUT2D eigenvalue weighted by atomic mass is 16.4. The lowest BCUT2D eigenvalue weighted by atomic mass is 9.72. The van der Waals surface area contributed by atoms with Gasteiger partial charge in [-0.2, -0.15) is 0 Å². The zero-order valence-electron chi connectivity index (χ0n) is 19.7. The molecule has 6 heteroatoms. The SMILES string of the molecule is Cc1oc(-c2ccccc2)nc1CC(=O)N1C[C@H]2C[C@@H](C1)[C@H](CN(C)C)N1CCCC[C@@H]21. The number of aromatic nitrogens is 1. The molecule has 1 aromatic carbocycles. The molecule has 0 aliphatic carbocycles. The molecule has 4 heterocycles. The van der Waals surface area contributed by atoms with Crippen LogP contribution in [0.5, 0.6) is 0 Å². The first-order valence-electron chi connectivity index (χ1n) is 12.2. The van der Waals surface area contributed by atoms with Crippen LogP contribution in [-0.4, -0.2) is 77.9 Å². The second-order valence-corrected chi connectivity index (χ2v) is 10.2. The zero-order chi connectivity index (χ0) is 22.2. The smallest absolute Gasteiger partial charge is 0.228 e. The standard InChI is InChI=1S/C26H36N4O2/c1-18-22(27-26(32-18)19-9-5-4-6-10-19)14-25(31)29-15-20-13-21(16-29)24(17-28(2)3)30-12-8-7-11-23(20)30/h4-6,9-10,20-21,23-24H,7-8,11-17H2,1-3H3/t20-,21+,23+,24+/m1/s1. The van der Waals surface area contributed by atoms with Crippen molar-refractivity contribution in [3.8, 4) is 11.5 Å². The van der Waals surface area contributed by atoms with Crippen LogP contribution in [0.15, 0.2) is 34.7 Å². The molecule has 2 aromatic rings. The average Bonchev–Trinajstić information content (AvgIpc) is 3.17. The maximum atomic E-state index is 13.4. The molecule has 0 N–H and O–H groups in total. The van der Waals surface area contributed by atoms with Gasteiger partial charge in [0, 0.05) is 37.3 Å². The van der Waals surface area contributed by atoms with Gasteiger partial charge in [0.1, 0.15) is 5.76 Å². The zero-order valence-corrected chi connectivity index (χ0v) is 19.7. The van der Waals surface area contributed by atoms with E-state index < -0.39 is 0 Å². The molecule has 3 aliphatic heterocycles. The number of aryl methyl sites for hydroxylation is 1. The van der Waals surface area contributed by atoms with Gasteiger partial charge in [-0.15, -0.1) is 0 Å². The summed E-state index contributed by atoms with van der Waals surface area (Å²) >= 11 is 0. The van der Waals surface area contributed by atoms with Gasteiger partial charge in [0.15, 0.2) is 0 Å². The third-order valence-electron chi connectivity index (χ3n) is 7.76. The highest BCUT2D eigenvalue weighted by Crippen LogP contribution is 2.41. The lowest BCUT2D eigenvalue weighted by molar-refractivity contribution is -0.140. The Morgan fingerprint density at radius 2 is 1.94 bits per heavy atom. The number of carbonyl (C=O) groups is 1. The van der Waals surface area contributed by atoms with Gasteiger partial charge < -0.3 is 14.2 Å². The molecule has 6 nitrogen and oxygen atoms in total. The molecule has 172 valence electrons. The van der Waals surface area contributed by atoms with Crippen LogP contribution in [0.4, 0.5) is 0 Å². The minimum atomic E-state index is 0.198. The predicted molar refractivity (Wildman–Crippen MR) is 125 cm³/mol. The summed E-state index contributed by atoms with van der Waals surface area (Å²) in [6, 6.07) is 11.1. The molecular weight excluding hydrogens is 400 g/mol. The van der Waals surface area contributed by atoms with E-state index in [0.717, 1.165) is 36.7 Å². The Balaban J connectivity index is 1.32. The summed E-state index contributed by atoms with van der Waals surface area (Å²) in [6.45, 7) is 6.00. The van der Waals surface area contributed by atoms with Crippen molar-refractivity contribution >= 4 is 5.91 Å². The molecule has 3 saturated heterocycles. The molecular formula is C26H36N4O2. The molecule has 0 saturated carbocycles. The number of likely N-dealkylation sites (tertiary alicyclic amines) is 1. The number of hydrogen-bond donors (Lipinski definition) is 0. The number of nitrogens with zero attached hydrogens (tertiary/aromatic N) is 4. The molecule has 5 rings (SSSR count). The second-order valence-electron chi connectivity index (χ2n) is 10.2. The molecule has 32 heavy (non-hydrogen) atoms. The minimum Gasteiger partial charge on any atom is -0.441 e. The fraction of sp³-hybridized carbons (Fsp3) is 0.615. The average molecular weight is 437 g/mol. The van der Waals surface area contributed by atoms with Crippen molar-refractivity contribution < 1.29 is 9.21 Å². The third kappa shape index (κ3) is 4.23. The van der Waals surface area contributed by atoms with Crippen molar-refractivity contribution in [1.29, 1.82) is 0 Å². The van der Waals surface area contributed by atoms with Gasteiger partial charge in [0.25, 0.3) is 0 Å². The summed E-state index contributed by atoms with van der Waals surface area (Å²) < 4.78 is 5.90. The molecule has 2 bridgehead atoms. The highest BCUT2D eigenvalue weighted by Gasteiger charge is 2.47. The predicted octanol–water partition coefficient (Wildman–Crippen LogP) is 3.46. The number of benzene rings is 1. The van der Waals surface area contributed by atoms with Crippen molar-refractivity contribution in [2.75, 3.05) is 40.3 Å². The quantitative estimate of drug-likeness (QED) is 0.719. The molecule has 4 atom stereocenters. The molecule has 0 radical (unpaired) electrons. The summed E-state index contributed by atoms with van der Waals surface area (Å²) in [5.74, 6) is 2.72. The number of amides is 1. The summed E-state index contributed by atoms with van der Waals surface area (Å²) in [6.07, 6.45) is 5.52. The normalized spacial score (nSPS) is 28.1. The van der Waals surface area contributed by atoms with E-state index in [1.807, 2.05) is 37.3 Å². The van der Waals surface area contributed by atoms with Crippen molar-refractivity contribution in [3.63, 3.8) is 0 Å². The monoisotopic (exact) mass is 436 g/mol. The number of rotatable bonds is 5. The summed E-state index contributed by atoms with van der Waals surface area (Å²) in [5.41, 5.74) is 1.72. The molecule has 1 amide bonds. The van der Waals surface area contributed by atoms with Crippen LogP contribution in [0.2, 0.25) is 0 Å². The van der Waals surface area contributed by atoms with Crippen molar-refractivity contribution in [2.45, 2.75) is 51.1 Å². The number of fused-ring (bicyclic) bond motifs is 4. The molecule has 1 aromatic heterocycles. The molecule has 3 aliphatic rings. The van der Waals surface area contributed by atoms with E-state index in [1.165, 1.54) is 32.2 Å². The van der Waals surface area contributed by atoms with Gasteiger partial charge in [-0.25, -0.2) is 4.98 Å². The van der Waals surface area contributed by atoms with Gasteiger partial charge in [0.05, 0.1) is 12.1 Å². The Labute approximate surface area is 191 Å². The van der Waals surface area contributed by atoms with Crippen LogP contribution in [0.1, 0.15) is 37.1 Å². The van der Waals surface area contributed by atoms with E-state index in [-0.39, 0.29) is 5.91 Å². The van der Waals surface area contributed by atoms with E-state index in [0.29, 0.717) is 36.2 Å². The van der Waals surface area contributed by atoms with Gasteiger partial charge >= 0.3 is 0 Å². The van der Waals surface area contributed by atoms with Crippen LogP contribution >= 0.6 is 0 Å². The summed E-state index contributed by atoms with van der Waals surface area (Å²) in [4.78, 5) is 25.4. The molecule has 0 unspecified atom stereocenters. The first-order chi connectivity index (χ1) is 15.5. The van der Waals surface area contributed by atoms with E-state index >= 15 is 0 Å². The topological polar surface area (TPSA) is 52.8 Å². The van der Waals surface area contributed by atoms with Crippen LogP contribution in [0.25, 0.3) is 11.5 Å². The molecule has 3 fully saturated rings. The van der Waals surface area contributed by atoms with Crippen LogP contribution in [0, 0.1) is 18.8 Å². The Morgan fingerprint density at radius 1 is 1.16 bits per heavy atom. The Bertz CT molecular complexity index is 941. The van der Waals surface area contributed by atoms with E-state index in [4.69, 9.17) is 4.42 Å². The Morgan fingerprint density at radius 3 is 2.72 bits per heavy atom. The molecule has 0 spiro atoms. The van der Waals surface area contributed by atoms with Gasteiger partial charge in [0.2, 0.25) is 11.8 Å². The van der Waals surface area contributed by atoms with Crippen LogP contribution in [0.3, 0.4) is 0 Å². The largest absolute Gasteiger partial charge is 0.441 e. The van der Waals surface area contributed by atoms with E-state index in [9.17, 15) is 4.79 Å². The van der Waals surface area contributed by atoms with Gasteiger partial charge in [-0.1, -0.05) is 24.6 Å².